The number of rotatable bonds is 4. The molecule has 0 saturated carbocycles. The molecule has 0 unspecified atom stereocenters. The van der Waals surface area contributed by atoms with Gasteiger partial charge in [0.15, 0.2) is 0 Å². The quantitative estimate of drug-likeness (QED) is 0.554. The van der Waals surface area contributed by atoms with Crippen LogP contribution in [0.5, 0.6) is 0 Å². The lowest BCUT2D eigenvalue weighted by atomic mass is 10.1. The molecule has 21 heavy (non-hydrogen) atoms. The Hall–Kier alpha value is -1.85. The maximum absolute atomic E-state index is 13.6. The second-order valence-electron chi connectivity index (χ2n) is 4.47. The van der Waals surface area contributed by atoms with Gasteiger partial charge in [-0.2, -0.15) is 0 Å². The Kier molecular flexibility index (Phi) is 4.22. The summed E-state index contributed by atoms with van der Waals surface area (Å²) < 4.78 is 13.6. The lowest BCUT2D eigenvalue weighted by molar-refractivity contribution is 0.602. The molecule has 1 heterocycles. The first-order valence-electron chi connectivity index (χ1n) is 6.40. The van der Waals surface area contributed by atoms with Gasteiger partial charge in [-0.15, -0.1) is 23.1 Å². The van der Waals surface area contributed by atoms with Crippen molar-refractivity contribution in [2.45, 2.75) is 10.6 Å². The Morgan fingerprint density at radius 2 is 2.00 bits per heavy atom. The predicted molar refractivity (Wildman–Crippen MR) is 87.9 cm³/mol. The van der Waals surface area contributed by atoms with Crippen LogP contribution in [0.1, 0.15) is 5.01 Å². The van der Waals surface area contributed by atoms with Crippen LogP contribution < -0.4 is 5.73 Å². The van der Waals surface area contributed by atoms with Gasteiger partial charge in [0.25, 0.3) is 0 Å². The average Bonchev–Trinajstić information content (AvgIpc) is 2.95. The van der Waals surface area contributed by atoms with Crippen LogP contribution in [0, 0.1) is 5.82 Å². The van der Waals surface area contributed by atoms with Gasteiger partial charge in [-0.3, -0.25) is 0 Å². The maximum atomic E-state index is 13.6. The van der Waals surface area contributed by atoms with Crippen molar-refractivity contribution >= 4 is 28.8 Å². The fraction of sp³-hybridized carbons (Fsp3) is 0.0625. The van der Waals surface area contributed by atoms with Crippen LogP contribution >= 0.6 is 23.1 Å². The normalized spacial score (nSPS) is 10.7. The van der Waals surface area contributed by atoms with Crippen LogP contribution in [-0.4, -0.2) is 4.98 Å². The molecule has 106 valence electrons. The number of benzene rings is 2. The third-order valence-electron chi connectivity index (χ3n) is 2.92. The van der Waals surface area contributed by atoms with Gasteiger partial charge in [-0.05, 0) is 24.3 Å². The van der Waals surface area contributed by atoms with Crippen molar-refractivity contribution in [3.05, 3.63) is 64.7 Å². The first-order valence-corrected chi connectivity index (χ1v) is 8.26. The molecule has 0 aliphatic heterocycles. The molecule has 0 bridgehead atoms. The lowest BCUT2D eigenvalue weighted by Crippen LogP contribution is -1.86. The summed E-state index contributed by atoms with van der Waals surface area (Å²) in [5, 5.41) is 2.98. The molecular weight excluding hydrogens is 303 g/mol. The summed E-state index contributed by atoms with van der Waals surface area (Å²) in [7, 11) is 0. The van der Waals surface area contributed by atoms with Gasteiger partial charge in [-0.1, -0.05) is 24.3 Å². The second-order valence-corrected chi connectivity index (χ2v) is 6.43. The summed E-state index contributed by atoms with van der Waals surface area (Å²) in [4.78, 5) is 5.24. The molecule has 0 radical (unpaired) electrons. The standard InChI is InChI=1S/C16H13FN2S2/c17-13-6-1-2-7-15(13)20-10-16-19-14(9-21-16)11-4-3-5-12(18)8-11/h1-9H,10,18H2. The zero-order chi connectivity index (χ0) is 14.7. The predicted octanol–water partition coefficient (Wildman–Crippen LogP) is 4.82. The van der Waals surface area contributed by atoms with Crippen molar-refractivity contribution in [2.24, 2.45) is 0 Å². The minimum Gasteiger partial charge on any atom is -0.399 e. The van der Waals surface area contributed by atoms with Gasteiger partial charge in [0.2, 0.25) is 0 Å². The van der Waals surface area contributed by atoms with E-state index in [0.717, 1.165) is 22.0 Å². The molecule has 0 aliphatic carbocycles. The summed E-state index contributed by atoms with van der Waals surface area (Å²) in [5.74, 6) is 0.476. The molecule has 3 aromatic rings. The molecule has 2 nitrogen and oxygen atoms in total. The molecule has 0 fully saturated rings. The summed E-state index contributed by atoms with van der Waals surface area (Å²) in [5.41, 5.74) is 8.43. The highest BCUT2D eigenvalue weighted by Crippen LogP contribution is 2.29. The van der Waals surface area contributed by atoms with Crippen molar-refractivity contribution < 1.29 is 4.39 Å². The molecule has 2 aromatic carbocycles. The van der Waals surface area contributed by atoms with E-state index in [-0.39, 0.29) is 5.82 Å². The molecular formula is C16H13FN2S2. The van der Waals surface area contributed by atoms with E-state index in [1.54, 1.807) is 23.5 Å². The maximum Gasteiger partial charge on any atom is 0.136 e. The van der Waals surface area contributed by atoms with E-state index >= 15 is 0 Å². The summed E-state index contributed by atoms with van der Waals surface area (Å²) in [6, 6.07) is 14.4. The van der Waals surface area contributed by atoms with E-state index in [4.69, 9.17) is 5.73 Å². The average molecular weight is 316 g/mol. The fourth-order valence-electron chi connectivity index (χ4n) is 1.91. The van der Waals surface area contributed by atoms with Crippen molar-refractivity contribution in [1.82, 2.24) is 4.98 Å². The minimum absolute atomic E-state index is 0.185. The van der Waals surface area contributed by atoms with Gasteiger partial charge in [0.05, 0.1) is 11.4 Å². The summed E-state index contributed by atoms with van der Waals surface area (Å²) in [6.45, 7) is 0. The van der Waals surface area contributed by atoms with Crippen molar-refractivity contribution in [3.8, 4) is 11.3 Å². The molecule has 2 N–H and O–H groups in total. The molecule has 0 amide bonds. The molecule has 0 saturated heterocycles. The zero-order valence-electron chi connectivity index (χ0n) is 11.1. The van der Waals surface area contributed by atoms with E-state index < -0.39 is 0 Å². The molecule has 3 rings (SSSR count). The van der Waals surface area contributed by atoms with Crippen LogP contribution in [0.4, 0.5) is 10.1 Å². The molecule has 5 heteroatoms. The Balaban J connectivity index is 1.72. The highest BCUT2D eigenvalue weighted by molar-refractivity contribution is 7.98. The SMILES string of the molecule is Nc1cccc(-c2csc(CSc3ccccc3F)n2)c1. The number of thiazole rings is 1. The van der Waals surface area contributed by atoms with Gasteiger partial charge < -0.3 is 5.73 Å². The Morgan fingerprint density at radius 1 is 1.14 bits per heavy atom. The summed E-state index contributed by atoms with van der Waals surface area (Å²) >= 11 is 3.04. The lowest BCUT2D eigenvalue weighted by Gasteiger charge is -2.00. The summed E-state index contributed by atoms with van der Waals surface area (Å²) in [6.07, 6.45) is 0. The number of aromatic nitrogens is 1. The first kappa shape index (κ1) is 14.1. The van der Waals surface area contributed by atoms with Crippen LogP contribution in [-0.2, 0) is 5.75 Å². The van der Waals surface area contributed by atoms with E-state index in [2.05, 4.69) is 4.98 Å². The smallest absolute Gasteiger partial charge is 0.136 e. The number of anilines is 1. The number of nitrogens with two attached hydrogens (primary N) is 1. The van der Waals surface area contributed by atoms with E-state index in [9.17, 15) is 4.39 Å². The monoisotopic (exact) mass is 316 g/mol. The number of nitrogens with zero attached hydrogens (tertiary/aromatic N) is 1. The van der Waals surface area contributed by atoms with Gasteiger partial charge in [-0.25, -0.2) is 9.37 Å². The fourth-order valence-corrected chi connectivity index (χ4v) is 3.67. The third-order valence-corrected chi connectivity index (χ3v) is 5.01. The van der Waals surface area contributed by atoms with E-state index in [1.807, 2.05) is 35.7 Å². The molecule has 0 spiro atoms. The van der Waals surface area contributed by atoms with Crippen LogP contribution in [0.2, 0.25) is 0 Å². The Labute approximate surface area is 130 Å². The minimum atomic E-state index is -0.185. The van der Waals surface area contributed by atoms with Crippen LogP contribution in [0.3, 0.4) is 0 Å². The first-order chi connectivity index (χ1) is 10.2. The van der Waals surface area contributed by atoms with Crippen molar-refractivity contribution in [2.75, 3.05) is 5.73 Å². The van der Waals surface area contributed by atoms with E-state index in [1.165, 1.54) is 17.8 Å². The van der Waals surface area contributed by atoms with Gasteiger partial charge in [0, 0.05) is 21.5 Å². The number of nitrogen functional groups attached to an aromatic ring is 1. The second kappa shape index (κ2) is 6.28. The van der Waals surface area contributed by atoms with E-state index in [0.29, 0.717) is 10.6 Å². The van der Waals surface area contributed by atoms with Crippen molar-refractivity contribution in [3.63, 3.8) is 0 Å². The Morgan fingerprint density at radius 3 is 2.81 bits per heavy atom. The number of thioether (sulfide) groups is 1. The molecule has 0 aliphatic rings. The van der Waals surface area contributed by atoms with Crippen LogP contribution in [0.25, 0.3) is 11.3 Å². The van der Waals surface area contributed by atoms with Crippen LogP contribution in [0.15, 0.2) is 58.8 Å². The third kappa shape index (κ3) is 3.43. The van der Waals surface area contributed by atoms with Gasteiger partial charge >= 0.3 is 0 Å². The zero-order valence-corrected chi connectivity index (χ0v) is 12.8. The Bertz CT molecular complexity index is 755. The van der Waals surface area contributed by atoms with Gasteiger partial charge in [0.1, 0.15) is 10.8 Å². The number of halogens is 1. The number of hydrogen-bond donors (Lipinski definition) is 1. The number of hydrogen-bond acceptors (Lipinski definition) is 4. The largest absolute Gasteiger partial charge is 0.399 e. The molecule has 0 atom stereocenters. The highest BCUT2D eigenvalue weighted by atomic mass is 32.2. The topological polar surface area (TPSA) is 38.9 Å². The molecule has 1 aromatic heterocycles. The highest BCUT2D eigenvalue weighted by Gasteiger charge is 2.07. The van der Waals surface area contributed by atoms with Crippen molar-refractivity contribution in [1.29, 1.82) is 0 Å².